The van der Waals surface area contributed by atoms with E-state index in [2.05, 4.69) is 46.9 Å². The highest BCUT2D eigenvalue weighted by atomic mass is 35.5. The molecule has 0 saturated heterocycles. The molecule has 0 bridgehead atoms. The van der Waals surface area contributed by atoms with Gasteiger partial charge in [0.15, 0.2) is 8.32 Å². The predicted octanol–water partition coefficient (Wildman–Crippen LogP) is 6.83. The zero-order valence-corrected chi connectivity index (χ0v) is 18.8. The summed E-state index contributed by atoms with van der Waals surface area (Å²) in [6, 6.07) is 5.73. The highest BCUT2D eigenvalue weighted by molar-refractivity contribution is 6.73. The van der Waals surface area contributed by atoms with E-state index in [1.165, 1.54) is 12.1 Å². The van der Waals surface area contributed by atoms with Crippen molar-refractivity contribution in [2.45, 2.75) is 65.8 Å². The van der Waals surface area contributed by atoms with Crippen LogP contribution in [0.15, 0.2) is 12.1 Å². The Labute approximate surface area is 163 Å². The number of rotatable bonds is 9. The Morgan fingerprint density at radius 3 is 1.96 bits per heavy atom. The van der Waals surface area contributed by atoms with Gasteiger partial charge in [-0.3, -0.25) is 0 Å². The molecule has 0 aliphatic carbocycles. The Morgan fingerprint density at radius 2 is 1.56 bits per heavy atom. The molecular formula is C19H32Cl2FNOSi. The molecule has 2 nitrogen and oxygen atoms in total. The summed E-state index contributed by atoms with van der Waals surface area (Å²) >= 11 is 12.7. The lowest BCUT2D eigenvalue weighted by atomic mass is 9.97. The molecule has 6 heteroatoms. The molecular weight excluding hydrogens is 376 g/mol. The van der Waals surface area contributed by atoms with Gasteiger partial charge >= 0.3 is 0 Å². The molecule has 0 amide bonds. The SMILES string of the molecule is CC[Si](CC)(CC)OC(CNCC(C)(C)C)c1c(Cl)cc(F)cc1Cl. The largest absolute Gasteiger partial charge is 0.409 e. The molecule has 1 atom stereocenters. The Bertz CT molecular complexity index is 528. The summed E-state index contributed by atoms with van der Waals surface area (Å²) in [6.07, 6.45) is -0.269. The van der Waals surface area contributed by atoms with Crippen LogP contribution in [-0.4, -0.2) is 21.4 Å². The fraction of sp³-hybridized carbons (Fsp3) is 0.684. The van der Waals surface area contributed by atoms with Crippen LogP contribution in [0.3, 0.4) is 0 Å². The van der Waals surface area contributed by atoms with Crippen molar-refractivity contribution in [3.8, 4) is 0 Å². The van der Waals surface area contributed by atoms with Gasteiger partial charge in [0.25, 0.3) is 0 Å². The standard InChI is InChI=1S/C19H32Cl2FNOSi/c1-7-25(8-2,9-3)24-17(12-23-13-19(4,5)6)18-15(20)10-14(22)11-16(18)21/h10-11,17,23H,7-9,12-13H2,1-6H3. The number of halogens is 3. The summed E-state index contributed by atoms with van der Waals surface area (Å²) in [5.74, 6) is -0.426. The molecule has 0 aromatic heterocycles. The smallest absolute Gasteiger partial charge is 0.192 e. The minimum Gasteiger partial charge on any atom is -0.409 e. The van der Waals surface area contributed by atoms with Crippen molar-refractivity contribution in [2.24, 2.45) is 5.41 Å². The van der Waals surface area contributed by atoms with E-state index in [4.69, 9.17) is 27.6 Å². The molecule has 144 valence electrons. The summed E-state index contributed by atoms with van der Waals surface area (Å²) in [5, 5.41) is 4.14. The first kappa shape index (κ1) is 22.9. The van der Waals surface area contributed by atoms with Crippen LogP contribution in [0.25, 0.3) is 0 Å². The van der Waals surface area contributed by atoms with Crippen LogP contribution in [0.1, 0.15) is 53.2 Å². The molecule has 1 unspecified atom stereocenters. The molecule has 1 aromatic rings. The third kappa shape index (κ3) is 6.83. The van der Waals surface area contributed by atoms with Crippen molar-refractivity contribution in [3.63, 3.8) is 0 Å². The van der Waals surface area contributed by atoms with Crippen molar-refractivity contribution in [3.05, 3.63) is 33.6 Å². The van der Waals surface area contributed by atoms with Gasteiger partial charge in [0, 0.05) is 18.7 Å². The average molecular weight is 408 g/mol. The van der Waals surface area contributed by atoms with Gasteiger partial charge < -0.3 is 9.74 Å². The molecule has 0 spiro atoms. The average Bonchev–Trinajstić information content (AvgIpc) is 2.50. The van der Waals surface area contributed by atoms with E-state index in [1.54, 1.807) is 0 Å². The van der Waals surface area contributed by atoms with Gasteiger partial charge in [-0.25, -0.2) is 4.39 Å². The van der Waals surface area contributed by atoms with Gasteiger partial charge in [0.05, 0.1) is 16.1 Å². The van der Waals surface area contributed by atoms with Crippen LogP contribution in [0.5, 0.6) is 0 Å². The molecule has 0 radical (unpaired) electrons. The maximum absolute atomic E-state index is 13.6. The molecule has 0 heterocycles. The third-order valence-electron chi connectivity index (χ3n) is 4.68. The summed E-state index contributed by atoms with van der Waals surface area (Å²) in [6.45, 7) is 14.6. The summed E-state index contributed by atoms with van der Waals surface area (Å²) in [5.41, 5.74) is 0.855. The van der Waals surface area contributed by atoms with Crippen molar-refractivity contribution < 1.29 is 8.82 Å². The normalized spacial score (nSPS) is 14.0. The van der Waals surface area contributed by atoms with E-state index < -0.39 is 14.1 Å². The monoisotopic (exact) mass is 407 g/mol. The zero-order chi connectivity index (χ0) is 19.3. The first-order valence-electron chi connectivity index (χ1n) is 9.10. The highest BCUT2D eigenvalue weighted by Crippen LogP contribution is 2.37. The minimum atomic E-state index is -1.87. The fourth-order valence-electron chi connectivity index (χ4n) is 2.94. The van der Waals surface area contributed by atoms with Crippen LogP contribution in [0.4, 0.5) is 4.39 Å². The molecule has 1 N–H and O–H groups in total. The van der Waals surface area contributed by atoms with Crippen LogP contribution >= 0.6 is 23.2 Å². The maximum Gasteiger partial charge on any atom is 0.192 e. The molecule has 0 aliphatic heterocycles. The Kier molecular flexibility index (Phi) is 8.89. The second kappa shape index (κ2) is 9.70. The van der Waals surface area contributed by atoms with Gasteiger partial charge in [0.2, 0.25) is 0 Å². The van der Waals surface area contributed by atoms with Crippen molar-refractivity contribution in [2.75, 3.05) is 13.1 Å². The van der Waals surface area contributed by atoms with Gasteiger partial charge in [-0.05, 0) is 35.7 Å². The number of hydrogen-bond donors (Lipinski definition) is 1. The molecule has 0 saturated carbocycles. The van der Waals surface area contributed by atoms with E-state index in [1.807, 2.05) is 0 Å². The van der Waals surface area contributed by atoms with Crippen LogP contribution < -0.4 is 5.32 Å². The number of nitrogens with one attached hydrogen (secondary N) is 1. The van der Waals surface area contributed by atoms with E-state index >= 15 is 0 Å². The highest BCUT2D eigenvalue weighted by Gasteiger charge is 2.34. The maximum atomic E-state index is 13.6. The summed E-state index contributed by atoms with van der Waals surface area (Å²) in [7, 11) is -1.87. The van der Waals surface area contributed by atoms with Crippen molar-refractivity contribution in [1.29, 1.82) is 0 Å². The minimum absolute atomic E-state index is 0.162. The van der Waals surface area contributed by atoms with E-state index in [-0.39, 0.29) is 11.5 Å². The second-order valence-electron chi connectivity index (χ2n) is 7.82. The first-order valence-corrected chi connectivity index (χ1v) is 12.4. The van der Waals surface area contributed by atoms with Crippen LogP contribution in [0, 0.1) is 11.2 Å². The third-order valence-corrected chi connectivity index (χ3v) is 9.95. The molecule has 1 rings (SSSR count). The second-order valence-corrected chi connectivity index (χ2v) is 13.4. The lowest BCUT2D eigenvalue weighted by Gasteiger charge is -2.35. The van der Waals surface area contributed by atoms with Crippen molar-refractivity contribution >= 4 is 31.5 Å². The topological polar surface area (TPSA) is 21.3 Å². The zero-order valence-electron chi connectivity index (χ0n) is 16.3. The summed E-state index contributed by atoms with van der Waals surface area (Å²) in [4.78, 5) is 0. The Morgan fingerprint density at radius 1 is 1.08 bits per heavy atom. The van der Waals surface area contributed by atoms with E-state index in [0.29, 0.717) is 22.2 Å². The molecule has 0 aliphatic rings. The van der Waals surface area contributed by atoms with Gasteiger partial charge in [-0.2, -0.15) is 0 Å². The van der Waals surface area contributed by atoms with Crippen LogP contribution in [0.2, 0.25) is 28.2 Å². The Balaban J connectivity index is 3.15. The molecule has 1 aromatic carbocycles. The first-order chi connectivity index (χ1) is 11.6. The lowest BCUT2D eigenvalue weighted by Crippen LogP contribution is -2.41. The van der Waals surface area contributed by atoms with Crippen LogP contribution in [-0.2, 0) is 4.43 Å². The summed E-state index contributed by atoms with van der Waals surface area (Å²) < 4.78 is 20.3. The van der Waals surface area contributed by atoms with E-state index in [9.17, 15) is 4.39 Å². The fourth-order valence-corrected chi connectivity index (χ4v) is 6.45. The molecule has 25 heavy (non-hydrogen) atoms. The lowest BCUT2D eigenvalue weighted by molar-refractivity contribution is 0.181. The van der Waals surface area contributed by atoms with Gasteiger partial charge in [-0.15, -0.1) is 0 Å². The Hall–Kier alpha value is -0.133. The predicted molar refractivity (Wildman–Crippen MR) is 110 cm³/mol. The van der Waals surface area contributed by atoms with Gasteiger partial charge in [-0.1, -0.05) is 64.7 Å². The quantitative estimate of drug-likeness (QED) is 0.452. The van der Waals surface area contributed by atoms with E-state index in [0.717, 1.165) is 24.7 Å². The number of benzene rings is 1. The van der Waals surface area contributed by atoms with Gasteiger partial charge in [0.1, 0.15) is 5.82 Å². The number of hydrogen-bond acceptors (Lipinski definition) is 2. The van der Waals surface area contributed by atoms with Crippen molar-refractivity contribution in [1.82, 2.24) is 5.32 Å². The molecule has 0 fully saturated rings.